The lowest BCUT2D eigenvalue weighted by Gasteiger charge is -2.14. The Balaban J connectivity index is 1.64. The molecule has 0 fully saturated rings. The number of aromatic nitrogens is 2. The molecule has 5 nitrogen and oxygen atoms in total. The number of rotatable bonds is 2. The molecular weight excluding hydrogens is 290 g/mol. The van der Waals surface area contributed by atoms with Gasteiger partial charge in [-0.3, -0.25) is 9.78 Å². The summed E-state index contributed by atoms with van der Waals surface area (Å²) in [4.78, 5) is 20.7. The van der Waals surface area contributed by atoms with E-state index in [1.165, 1.54) is 5.56 Å². The van der Waals surface area contributed by atoms with E-state index >= 15 is 0 Å². The van der Waals surface area contributed by atoms with Gasteiger partial charge in [0.05, 0.1) is 6.04 Å². The summed E-state index contributed by atoms with van der Waals surface area (Å²) in [5.74, 6) is -0.552. The van der Waals surface area contributed by atoms with Gasteiger partial charge in [0, 0.05) is 17.8 Å². The molecule has 114 valence electrons. The molecule has 0 unspecified atom stereocenters. The summed E-state index contributed by atoms with van der Waals surface area (Å²) >= 11 is 0. The van der Waals surface area contributed by atoms with E-state index in [9.17, 15) is 9.90 Å². The second kappa shape index (κ2) is 5.35. The standard InChI is InChI=1S/C18H15N3O2/c22-17-15-12(5-3-9-19-15)10-20-16(17)18(23)21-14-8-7-11-4-1-2-6-13(11)14/h1-6,9-10,14,22H,7-8H2,(H,21,23)/t14-/m1/s1. The molecule has 23 heavy (non-hydrogen) atoms. The van der Waals surface area contributed by atoms with Crippen LogP contribution in [0.1, 0.15) is 34.1 Å². The van der Waals surface area contributed by atoms with Crippen LogP contribution in [0.25, 0.3) is 10.9 Å². The molecule has 1 aromatic carbocycles. The average Bonchev–Trinajstić information content (AvgIpc) is 2.98. The summed E-state index contributed by atoms with van der Waals surface area (Å²) in [5, 5.41) is 14.0. The maximum Gasteiger partial charge on any atom is 0.274 e. The molecule has 5 heteroatoms. The molecule has 4 rings (SSSR count). The molecule has 0 radical (unpaired) electrons. The van der Waals surface area contributed by atoms with Crippen molar-refractivity contribution in [2.75, 3.05) is 0 Å². The van der Waals surface area contributed by atoms with Crippen molar-refractivity contribution in [1.29, 1.82) is 0 Å². The smallest absolute Gasteiger partial charge is 0.274 e. The molecule has 1 atom stereocenters. The SMILES string of the molecule is O=C(N[C@@H]1CCc2ccccc21)c1ncc2cccnc2c1O. The molecule has 2 heterocycles. The van der Waals surface area contributed by atoms with Crippen molar-refractivity contribution in [3.05, 3.63) is 65.6 Å². The van der Waals surface area contributed by atoms with Gasteiger partial charge in [0.2, 0.25) is 0 Å². The summed E-state index contributed by atoms with van der Waals surface area (Å²) in [7, 11) is 0. The fourth-order valence-electron chi connectivity index (χ4n) is 3.13. The van der Waals surface area contributed by atoms with Gasteiger partial charge in [-0.2, -0.15) is 0 Å². The van der Waals surface area contributed by atoms with E-state index in [-0.39, 0.29) is 23.4 Å². The normalized spacial score (nSPS) is 16.3. The van der Waals surface area contributed by atoms with Crippen molar-refractivity contribution < 1.29 is 9.90 Å². The van der Waals surface area contributed by atoms with Crippen molar-refractivity contribution in [2.45, 2.75) is 18.9 Å². The Morgan fingerprint density at radius 3 is 2.96 bits per heavy atom. The number of pyridine rings is 2. The predicted molar refractivity (Wildman–Crippen MR) is 86.2 cm³/mol. The third-order valence-corrected chi connectivity index (χ3v) is 4.27. The van der Waals surface area contributed by atoms with Crippen LogP contribution >= 0.6 is 0 Å². The maximum absolute atomic E-state index is 12.5. The topological polar surface area (TPSA) is 75.1 Å². The van der Waals surface area contributed by atoms with Crippen LogP contribution in [0.4, 0.5) is 0 Å². The Bertz CT molecular complexity index is 908. The third kappa shape index (κ3) is 2.30. The summed E-state index contributed by atoms with van der Waals surface area (Å²) < 4.78 is 0. The quantitative estimate of drug-likeness (QED) is 0.763. The maximum atomic E-state index is 12.5. The third-order valence-electron chi connectivity index (χ3n) is 4.27. The van der Waals surface area contributed by atoms with Crippen LogP contribution in [-0.2, 0) is 6.42 Å². The Hall–Kier alpha value is -2.95. The van der Waals surface area contributed by atoms with Gasteiger partial charge < -0.3 is 10.4 Å². The highest BCUT2D eigenvalue weighted by atomic mass is 16.3. The Labute approximate surface area is 133 Å². The van der Waals surface area contributed by atoms with Gasteiger partial charge in [-0.05, 0) is 36.1 Å². The number of nitrogens with zero attached hydrogens (tertiary/aromatic N) is 2. The van der Waals surface area contributed by atoms with E-state index in [0.29, 0.717) is 10.9 Å². The molecule has 1 amide bonds. The number of carbonyl (C=O) groups is 1. The molecule has 0 spiro atoms. The number of hydrogen-bond acceptors (Lipinski definition) is 4. The Morgan fingerprint density at radius 2 is 2.04 bits per heavy atom. The van der Waals surface area contributed by atoms with E-state index in [1.807, 2.05) is 18.2 Å². The molecule has 0 aliphatic heterocycles. The van der Waals surface area contributed by atoms with Gasteiger partial charge in [0.1, 0.15) is 5.52 Å². The first-order valence-electron chi connectivity index (χ1n) is 7.55. The number of hydrogen-bond donors (Lipinski definition) is 2. The minimum Gasteiger partial charge on any atom is -0.504 e. The zero-order valence-electron chi connectivity index (χ0n) is 12.4. The Kier molecular flexibility index (Phi) is 3.19. The van der Waals surface area contributed by atoms with E-state index in [2.05, 4.69) is 21.4 Å². The number of fused-ring (bicyclic) bond motifs is 2. The first kappa shape index (κ1) is 13.7. The van der Waals surface area contributed by atoms with Crippen LogP contribution in [0.2, 0.25) is 0 Å². The van der Waals surface area contributed by atoms with Crippen molar-refractivity contribution in [3.8, 4) is 5.75 Å². The highest BCUT2D eigenvalue weighted by Gasteiger charge is 2.25. The Morgan fingerprint density at radius 1 is 1.17 bits per heavy atom. The summed E-state index contributed by atoms with van der Waals surface area (Å²) in [5.41, 5.74) is 2.80. The molecule has 2 N–H and O–H groups in total. The monoisotopic (exact) mass is 305 g/mol. The van der Waals surface area contributed by atoms with Gasteiger partial charge in [-0.25, -0.2) is 4.98 Å². The first-order valence-corrected chi connectivity index (χ1v) is 7.55. The van der Waals surface area contributed by atoms with Crippen molar-refractivity contribution >= 4 is 16.8 Å². The minimum absolute atomic E-state index is 0.0144. The predicted octanol–water partition coefficient (Wildman–Crippen LogP) is 2.75. The molecule has 0 bridgehead atoms. The van der Waals surface area contributed by atoms with Gasteiger partial charge in [0.25, 0.3) is 5.91 Å². The zero-order chi connectivity index (χ0) is 15.8. The first-order chi connectivity index (χ1) is 11.2. The summed E-state index contributed by atoms with van der Waals surface area (Å²) in [6, 6.07) is 11.6. The average molecular weight is 305 g/mol. The van der Waals surface area contributed by atoms with Crippen LogP contribution in [0.15, 0.2) is 48.8 Å². The van der Waals surface area contributed by atoms with Crippen LogP contribution in [0.5, 0.6) is 5.75 Å². The number of nitrogens with one attached hydrogen (secondary N) is 1. The van der Waals surface area contributed by atoms with Gasteiger partial charge in [0.15, 0.2) is 11.4 Å². The molecule has 0 saturated heterocycles. The van der Waals surface area contributed by atoms with Crippen LogP contribution in [0.3, 0.4) is 0 Å². The van der Waals surface area contributed by atoms with Gasteiger partial charge in [-0.1, -0.05) is 24.3 Å². The van der Waals surface area contributed by atoms with E-state index in [0.717, 1.165) is 18.4 Å². The van der Waals surface area contributed by atoms with E-state index in [1.54, 1.807) is 24.5 Å². The minimum atomic E-state index is -0.378. The summed E-state index contributed by atoms with van der Waals surface area (Å²) in [6.07, 6.45) is 4.94. The number of aryl methyl sites for hydroxylation is 1. The van der Waals surface area contributed by atoms with E-state index in [4.69, 9.17) is 0 Å². The second-order valence-corrected chi connectivity index (χ2v) is 5.66. The number of carbonyl (C=O) groups excluding carboxylic acids is 1. The lowest BCUT2D eigenvalue weighted by atomic mass is 10.1. The zero-order valence-corrected chi connectivity index (χ0v) is 12.4. The van der Waals surface area contributed by atoms with Crippen LogP contribution < -0.4 is 5.32 Å². The molecule has 2 aromatic heterocycles. The molecule has 1 aliphatic carbocycles. The number of aromatic hydroxyl groups is 1. The van der Waals surface area contributed by atoms with E-state index < -0.39 is 0 Å². The lowest BCUT2D eigenvalue weighted by Crippen LogP contribution is -2.28. The van der Waals surface area contributed by atoms with Crippen molar-refractivity contribution in [1.82, 2.24) is 15.3 Å². The molecule has 3 aromatic rings. The molecule has 1 aliphatic rings. The number of amides is 1. The summed E-state index contributed by atoms with van der Waals surface area (Å²) in [6.45, 7) is 0. The fraction of sp³-hybridized carbons (Fsp3) is 0.167. The van der Waals surface area contributed by atoms with Crippen molar-refractivity contribution in [2.24, 2.45) is 0 Å². The molecular formula is C18H15N3O2. The largest absolute Gasteiger partial charge is 0.504 e. The van der Waals surface area contributed by atoms with Crippen LogP contribution in [-0.4, -0.2) is 21.0 Å². The highest BCUT2D eigenvalue weighted by molar-refractivity contribution is 6.00. The second-order valence-electron chi connectivity index (χ2n) is 5.66. The van der Waals surface area contributed by atoms with Gasteiger partial charge in [-0.15, -0.1) is 0 Å². The van der Waals surface area contributed by atoms with Crippen molar-refractivity contribution in [3.63, 3.8) is 0 Å². The van der Waals surface area contributed by atoms with Crippen LogP contribution in [0, 0.1) is 0 Å². The number of benzene rings is 1. The fourth-order valence-corrected chi connectivity index (χ4v) is 3.13. The molecule has 0 saturated carbocycles. The highest BCUT2D eigenvalue weighted by Crippen LogP contribution is 2.31. The lowest BCUT2D eigenvalue weighted by molar-refractivity contribution is 0.0929. The van der Waals surface area contributed by atoms with Gasteiger partial charge >= 0.3 is 0 Å².